The molecule has 0 saturated heterocycles. The summed E-state index contributed by atoms with van der Waals surface area (Å²) in [6.45, 7) is 0. The van der Waals surface area contributed by atoms with Gasteiger partial charge >= 0.3 is 6.09 Å². The van der Waals surface area contributed by atoms with Crippen LogP contribution < -0.4 is 5.14 Å². The molecule has 0 aromatic carbocycles. The number of hydrogen-bond donors (Lipinski definition) is 1. The quantitative estimate of drug-likeness (QED) is 0.642. The van der Waals surface area contributed by atoms with Crippen molar-refractivity contribution in [3.63, 3.8) is 0 Å². The number of methoxy groups -OCH3 is 1. The topological polar surface area (TPSA) is 104 Å². The van der Waals surface area contributed by atoms with Crippen molar-refractivity contribution in [2.24, 2.45) is 5.14 Å². The molecule has 0 saturated carbocycles. The molecule has 0 radical (unpaired) electrons. The molecule has 1 heterocycles. The SMILES string of the molecule is COC(=O)n1nccc1S(N)(=O)=O. The normalized spacial score (nSPS) is 11.2. The smallest absolute Gasteiger partial charge is 0.435 e. The molecule has 72 valence electrons. The van der Waals surface area contributed by atoms with Crippen molar-refractivity contribution in [2.45, 2.75) is 5.03 Å². The fourth-order valence-corrected chi connectivity index (χ4v) is 1.34. The van der Waals surface area contributed by atoms with Crippen molar-refractivity contribution in [1.82, 2.24) is 9.78 Å². The second-order valence-electron chi connectivity index (χ2n) is 2.10. The molecule has 2 N–H and O–H groups in total. The average Bonchev–Trinajstić information content (AvgIpc) is 2.49. The first-order chi connectivity index (χ1) is 5.96. The minimum absolute atomic E-state index is 0.403. The number of aromatic nitrogens is 2. The molecule has 0 aliphatic rings. The molecule has 0 unspecified atom stereocenters. The molecule has 0 spiro atoms. The van der Waals surface area contributed by atoms with Crippen molar-refractivity contribution in [2.75, 3.05) is 7.11 Å². The Kier molecular flexibility index (Phi) is 2.34. The van der Waals surface area contributed by atoms with Gasteiger partial charge in [0, 0.05) is 0 Å². The van der Waals surface area contributed by atoms with Crippen LogP contribution in [0.25, 0.3) is 0 Å². The number of nitrogens with zero attached hydrogens (tertiary/aromatic N) is 2. The second-order valence-corrected chi connectivity index (χ2v) is 3.60. The van der Waals surface area contributed by atoms with Gasteiger partial charge in [0.2, 0.25) is 0 Å². The molecular weight excluding hydrogens is 198 g/mol. The van der Waals surface area contributed by atoms with Crippen molar-refractivity contribution in [1.29, 1.82) is 0 Å². The van der Waals surface area contributed by atoms with Crippen LogP contribution in [0.3, 0.4) is 0 Å². The van der Waals surface area contributed by atoms with Crippen LogP contribution in [-0.2, 0) is 14.8 Å². The predicted molar refractivity (Wildman–Crippen MR) is 41.4 cm³/mol. The van der Waals surface area contributed by atoms with Gasteiger partial charge in [-0.05, 0) is 6.07 Å². The highest BCUT2D eigenvalue weighted by Crippen LogP contribution is 2.05. The van der Waals surface area contributed by atoms with E-state index in [-0.39, 0.29) is 0 Å². The summed E-state index contributed by atoms with van der Waals surface area (Å²) in [7, 11) is -2.84. The van der Waals surface area contributed by atoms with Crippen LogP contribution in [-0.4, -0.2) is 31.4 Å². The Hall–Kier alpha value is -1.41. The lowest BCUT2D eigenvalue weighted by atomic mass is 10.7. The molecule has 7 nitrogen and oxygen atoms in total. The molecule has 0 atom stereocenters. The molecule has 1 rings (SSSR count). The minimum Gasteiger partial charge on any atom is -0.451 e. The molecule has 0 aliphatic carbocycles. The number of primary sulfonamides is 1. The Bertz CT molecular complexity index is 421. The van der Waals surface area contributed by atoms with Crippen molar-refractivity contribution >= 4 is 16.1 Å². The maximum atomic E-state index is 10.9. The van der Waals surface area contributed by atoms with E-state index < -0.39 is 21.1 Å². The van der Waals surface area contributed by atoms with E-state index in [1.165, 1.54) is 0 Å². The fourth-order valence-electron chi connectivity index (χ4n) is 0.730. The third-order valence-corrected chi connectivity index (χ3v) is 2.14. The first-order valence-electron chi connectivity index (χ1n) is 3.12. The number of nitrogens with two attached hydrogens (primary N) is 1. The summed E-state index contributed by atoms with van der Waals surface area (Å²) in [5.41, 5.74) is 0. The van der Waals surface area contributed by atoms with Crippen LogP contribution in [0.15, 0.2) is 17.3 Å². The number of ether oxygens (including phenoxy) is 1. The summed E-state index contributed by atoms with van der Waals surface area (Å²) in [4.78, 5) is 10.9. The number of hydrogen-bond acceptors (Lipinski definition) is 5. The highest BCUT2D eigenvalue weighted by atomic mass is 32.2. The minimum atomic E-state index is -3.95. The van der Waals surface area contributed by atoms with Gasteiger partial charge in [-0.3, -0.25) is 0 Å². The molecule has 1 aromatic rings. The maximum absolute atomic E-state index is 10.9. The number of rotatable bonds is 1. The third-order valence-electron chi connectivity index (χ3n) is 1.25. The van der Waals surface area contributed by atoms with Gasteiger partial charge in [-0.2, -0.15) is 9.78 Å². The molecular formula is C5H7N3O4S. The first-order valence-corrected chi connectivity index (χ1v) is 4.66. The molecule has 0 bridgehead atoms. The zero-order valence-electron chi connectivity index (χ0n) is 6.67. The maximum Gasteiger partial charge on any atom is 0.435 e. The molecule has 0 amide bonds. The number of carbonyl (C=O) groups excluding carboxylic acids is 1. The van der Waals surface area contributed by atoms with Gasteiger partial charge in [0.15, 0.2) is 5.03 Å². The van der Waals surface area contributed by atoms with Crippen LogP contribution in [0.2, 0.25) is 0 Å². The standard InChI is InChI=1S/C5H7N3O4S/c1-12-5(9)8-4(2-3-7-8)13(6,10)11/h2-3H,1H3,(H2,6,10,11). The van der Waals surface area contributed by atoms with Crippen molar-refractivity contribution < 1.29 is 17.9 Å². The monoisotopic (exact) mass is 205 g/mol. The summed E-state index contributed by atoms with van der Waals surface area (Å²) in [5.74, 6) is 0. The van der Waals surface area contributed by atoms with E-state index >= 15 is 0 Å². The Morgan fingerprint density at radius 1 is 1.69 bits per heavy atom. The Labute approximate surface area is 74.1 Å². The van der Waals surface area contributed by atoms with E-state index in [2.05, 4.69) is 9.84 Å². The third kappa shape index (κ3) is 1.84. The van der Waals surface area contributed by atoms with Crippen LogP contribution in [0, 0.1) is 0 Å². The molecule has 1 aromatic heterocycles. The van der Waals surface area contributed by atoms with Gasteiger partial charge in [0.25, 0.3) is 10.0 Å². The van der Waals surface area contributed by atoms with Gasteiger partial charge < -0.3 is 4.74 Å². The number of sulfonamides is 1. The average molecular weight is 205 g/mol. The Balaban J connectivity index is 3.26. The van der Waals surface area contributed by atoms with Gasteiger partial charge in [-0.1, -0.05) is 0 Å². The lowest BCUT2D eigenvalue weighted by Crippen LogP contribution is -2.22. The van der Waals surface area contributed by atoms with E-state index in [9.17, 15) is 13.2 Å². The molecule has 8 heteroatoms. The van der Waals surface area contributed by atoms with Crippen molar-refractivity contribution in [3.8, 4) is 0 Å². The highest BCUT2D eigenvalue weighted by Gasteiger charge is 2.19. The molecule has 0 aliphatic heterocycles. The van der Waals surface area contributed by atoms with Crippen LogP contribution in [0.4, 0.5) is 4.79 Å². The van der Waals surface area contributed by atoms with Crippen LogP contribution in [0.5, 0.6) is 0 Å². The van der Waals surface area contributed by atoms with E-state index in [4.69, 9.17) is 5.14 Å². The zero-order chi connectivity index (χ0) is 10.1. The Morgan fingerprint density at radius 2 is 2.31 bits per heavy atom. The van der Waals surface area contributed by atoms with E-state index in [0.29, 0.717) is 4.68 Å². The van der Waals surface area contributed by atoms with E-state index in [0.717, 1.165) is 19.4 Å². The molecule has 0 fully saturated rings. The first kappa shape index (κ1) is 9.68. The summed E-state index contributed by atoms with van der Waals surface area (Å²) in [6, 6.07) is 1.10. The van der Waals surface area contributed by atoms with Gasteiger partial charge in [0.1, 0.15) is 0 Å². The Morgan fingerprint density at radius 3 is 2.77 bits per heavy atom. The number of carbonyl (C=O) groups is 1. The predicted octanol–water partition coefficient (Wildman–Crippen LogP) is -0.855. The largest absolute Gasteiger partial charge is 0.451 e. The van der Waals surface area contributed by atoms with Crippen LogP contribution >= 0.6 is 0 Å². The molecule has 13 heavy (non-hydrogen) atoms. The lowest BCUT2D eigenvalue weighted by molar-refractivity contribution is 0.166. The summed E-state index contributed by atoms with van der Waals surface area (Å²) < 4.78 is 26.5. The van der Waals surface area contributed by atoms with Gasteiger partial charge in [0.05, 0.1) is 13.3 Å². The highest BCUT2D eigenvalue weighted by molar-refractivity contribution is 7.89. The van der Waals surface area contributed by atoms with E-state index in [1.807, 2.05) is 0 Å². The van der Waals surface area contributed by atoms with Gasteiger partial charge in [-0.25, -0.2) is 18.4 Å². The van der Waals surface area contributed by atoms with Gasteiger partial charge in [-0.15, -0.1) is 0 Å². The lowest BCUT2D eigenvalue weighted by Gasteiger charge is -2.01. The van der Waals surface area contributed by atoms with E-state index in [1.54, 1.807) is 0 Å². The summed E-state index contributed by atoms with van der Waals surface area (Å²) in [6.07, 6.45) is 0.227. The summed E-state index contributed by atoms with van der Waals surface area (Å²) in [5, 5.41) is 7.83. The fraction of sp³-hybridized carbons (Fsp3) is 0.200. The summed E-state index contributed by atoms with van der Waals surface area (Å²) >= 11 is 0. The zero-order valence-corrected chi connectivity index (χ0v) is 7.48. The van der Waals surface area contributed by atoms with Crippen molar-refractivity contribution in [3.05, 3.63) is 12.3 Å². The van der Waals surface area contributed by atoms with Crippen LogP contribution in [0.1, 0.15) is 0 Å². The second kappa shape index (κ2) is 3.15.